The Morgan fingerprint density at radius 3 is 2.72 bits per heavy atom. The largest absolute Gasteiger partial charge is 0.329 e. The van der Waals surface area contributed by atoms with Crippen molar-refractivity contribution in [3.05, 3.63) is 0 Å². The summed E-state index contributed by atoms with van der Waals surface area (Å²) in [6.45, 7) is 2.85. The Labute approximate surface area is 115 Å². The average Bonchev–Trinajstić information content (AvgIpc) is 2.70. The Kier molecular flexibility index (Phi) is 4.31. The first-order valence-corrected chi connectivity index (χ1v) is 9.53. The Hall–Kier alpha value is 0.220. The van der Waals surface area contributed by atoms with Gasteiger partial charge in [0.15, 0.2) is 9.84 Å². The van der Waals surface area contributed by atoms with Gasteiger partial charge in [-0.15, -0.1) is 0 Å². The smallest absolute Gasteiger partial charge is 0.151 e. The fourth-order valence-corrected chi connectivity index (χ4v) is 6.45. The topological polar surface area (TPSA) is 63.4 Å². The zero-order valence-electron chi connectivity index (χ0n) is 11.3. The van der Waals surface area contributed by atoms with Gasteiger partial charge in [0.05, 0.1) is 11.5 Å². The molecule has 2 saturated heterocycles. The van der Waals surface area contributed by atoms with Crippen molar-refractivity contribution in [3.8, 4) is 0 Å². The van der Waals surface area contributed by atoms with Gasteiger partial charge in [-0.2, -0.15) is 11.8 Å². The van der Waals surface area contributed by atoms with E-state index in [1.165, 1.54) is 12.2 Å². The van der Waals surface area contributed by atoms with Gasteiger partial charge in [-0.05, 0) is 32.1 Å². The van der Waals surface area contributed by atoms with Crippen LogP contribution in [0.5, 0.6) is 0 Å². The highest BCUT2D eigenvalue weighted by molar-refractivity contribution is 8.00. The lowest BCUT2D eigenvalue weighted by molar-refractivity contribution is 0.0760. The minimum atomic E-state index is -2.82. The van der Waals surface area contributed by atoms with Crippen LogP contribution in [0.1, 0.15) is 26.2 Å². The summed E-state index contributed by atoms with van der Waals surface area (Å²) in [5.41, 5.74) is 6.04. The van der Waals surface area contributed by atoms with Crippen molar-refractivity contribution in [1.82, 2.24) is 4.90 Å². The molecule has 0 amide bonds. The van der Waals surface area contributed by atoms with Gasteiger partial charge in [0, 0.05) is 23.4 Å². The van der Waals surface area contributed by atoms with Crippen LogP contribution in [0, 0.1) is 0 Å². The second-order valence-corrected chi connectivity index (χ2v) is 9.27. The molecule has 0 bridgehead atoms. The van der Waals surface area contributed by atoms with Crippen LogP contribution in [0.3, 0.4) is 0 Å². The first-order valence-electron chi connectivity index (χ1n) is 6.66. The van der Waals surface area contributed by atoms with Crippen molar-refractivity contribution < 1.29 is 8.42 Å². The molecule has 2 rings (SSSR count). The molecule has 106 valence electrons. The minimum Gasteiger partial charge on any atom is -0.329 e. The molecular formula is C12H24N2O2S2. The SMILES string of the molecule is CC1SCCCC1(CN)N(C)C1CCS(=O)(=O)C1. The highest BCUT2D eigenvalue weighted by atomic mass is 32.2. The van der Waals surface area contributed by atoms with Gasteiger partial charge in [-0.25, -0.2) is 8.42 Å². The molecule has 2 N–H and O–H groups in total. The Balaban J connectivity index is 2.17. The monoisotopic (exact) mass is 292 g/mol. The first-order chi connectivity index (χ1) is 8.41. The minimum absolute atomic E-state index is 0.0204. The summed E-state index contributed by atoms with van der Waals surface area (Å²) in [7, 11) is -0.751. The Morgan fingerprint density at radius 2 is 2.22 bits per heavy atom. The normalized spacial score (nSPS) is 40.2. The number of thioether (sulfide) groups is 1. The van der Waals surface area contributed by atoms with E-state index in [0.717, 1.165) is 12.8 Å². The van der Waals surface area contributed by atoms with E-state index in [-0.39, 0.29) is 11.6 Å². The zero-order valence-corrected chi connectivity index (χ0v) is 12.9. The van der Waals surface area contributed by atoms with Gasteiger partial charge < -0.3 is 5.73 Å². The lowest BCUT2D eigenvalue weighted by atomic mass is 9.86. The van der Waals surface area contributed by atoms with Crippen LogP contribution >= 0.6 is 11.8 Å². The van der Waals surface area contributed by atoms with Crippen LogP contribution in [0.25, 0.3) is 0 Å². The van der Waals surface area contributed by atoms with Crippen molar-refractivity contribution in [3.63, 3.8) is 0 Å². The molecule has 6 heteroatoms. The van der Waals surface area contributed by atoms with E-state index < -0.39 is 9.84 Å². The molecule has 2 aliphatic rings. The number of hydrogen-bond acceptors (Lipinski definition) is 5. The lowest BCUT2D eigenvalue weighted by Crippen LogP contribution is -2.62. The van der Waals surface area contributed by atoms with Gasteiger partial charge >= 0.3 is 0 Å². The van der Waals surface area contributed by atoms with Crippen LogP contribution in [-0.2, 0) is 9.84 Å². The average molecular weight is 292 g/mol. The third-order valence-electron chi connectivity index (χ3n) is 4.69. The van der Waals surface area contributed by atoms with Crippen molar-refractivity contribution in [2.24, 2.45) is 5.73 Å². The predicted octanol–water partition coefficient (Wildman–Crippen LogP) is 0.718. The van der Waals surface area contributed by atoms with Crippen LogP contribution in [0.15, 0.2) is 0 Å². The predicted molar refractivity (Wildman–Crippen MR) is 77.8 cm³/mol. The van der Waals surface area contributed by atoms with E-state index in [1.807, 2.05) is 11.8 Å². The number of likely N-dealkylation sites (N-methyl/N-ethyl adjacent to an activating group) is 1. The summed E-state index contributed by atoms with van der Waals surface area (Å²) in [5, 5.41) is 0.476. The molecular weight excluding hydrogens is 268 g/mol. The zero-order chi connectivity index (χ0) is 13.4. The molecule has 0 radical (unpaired) electrons. The Morgan fingerprint density at radius 1 is 1.50 bits per heavy atom. The molecule has 3 unspecified atom stereocenters. The summed E-state index contributed by atoms with van der Waals surface area (Å²) in [6, 6.07) is 0.152. The maximum absolute atomic E-state index is 11.6. The maximum atomic E-state index is 11.6. The van der Waals surface area contributed by atoms with Gasteiger partial charge in [0.1, 0.15) is 0 Å². The first kappa shape index (κ1) is 14.6. The molecule has 0 saturated carbocycles. The second-order valence-electron chi connectivity index (χ2n) is 5.59. The van der Waals surface area contributed by atoms with Crippen LogP contribution < -0.4 is 5.73 Å². The van der Waals surface area contributed by atoms with Crippen molar-refractivity contribution in [2.75, 3.05) is 30.9 Å². The molecule has 2 heterocycles. The molecule has 18 heavy (non-hydrogen) atoms. The van der Waals surface area contributed by atoms with E-state index in [4.69, 9.17) is 5.73 Å². The third-order valence-corrected chi connectivity index (χ3v) is 7.90. The second kappa shape index (κ2) is 5.31. The van der Waals surface area contributed by atoms with E-state index in [2.05, 4.69) is 18.9 Å². The molecule has 3 atom stereocenters. The molecule has 0 spiro atoms. The molecule has 0 aromatic carbocycles. The molecule has 4 nitrogen and oxygen atoms in total. The summed E-state index contributed by atoms with van der Waals surface area (Å²) in [5.74, 6) is 1.84. The van der Waals surface area contributed by atoms with Gasteiger partial charge in [0.2, 0.25) is 0 Å². The van der Waals surface area contributed by atoms with E-state index in [1.54, 1.807) is 0 Å². The van der Waals surface area contributed by atoms with Crippen LogP contribution in [0.2, 0.25) is 0 Å². The van der Waals surface area contributed by atoms with Crippen LogP contribution in [-0.4, -0.2) is 61.0 Å². The van der Waals surface area contributed by atoms with Crippen molar-refractivity contribution in [1.29, 1.82) is 0 Å². The molecule has 2 aliphatic heterocycles. The number of nitrogens with zero attached hydrogens (tertiary/aromatic N) is 1. The Bertz CT molecular complexity index is 399. The fourth-order valence-electron chi connectivity index (χ4n) is 3.32. The summed E-state index contributed by atoms with van der Waals surface area (Å²) < 4.78 is 23.3. The van der Waals surface area contributed by atoms with Gasteiger partial charge in [-0.1, -0.05) is 6.92 Å². The van der Waals surface area contributed by atoms with E-state index in [0.29, 0.717) is 23.3 Å². The number of rotatable bonds is 3. The van der Waals surface area contributed by atoms with Gasteiger partial charge in [-0.3, -0.25) is 4.90 Å². The summed E-state index contributed by atoms with van der Waals surface area (Å²) >= 11 is 1.97. The number of sulfone groups is 1. The lowest BCUT2D eigenvalue weighted by Gasteiger charge is -2.50. The number of nitrogens with two attached hydrogens (primary N) is 1. The maximum Gasteiger partial charge on any atom is 0.151 e. The quantitative estimate of drug-likeness (QED) is 0.830. The third kappa shape index (κ3) is 2.57. The van der Waals surface area contributed by atoms with Crippen molar-refractivity contribution in [2.45, 2.75) is 43.0 Å². The highest BCUT2D eigenvalue weighted by Gasteiger charge is 2.45. The number of hydrogen-bond donors (Lipinski definition) is 1. The standard InChI is InChI=1S/C12H24N2O2S2/c1-10-12(9-13,5-3-6-17-10)14(2)11-4-7-18(15,16)8-11/h10-11H,3-9,13H2,1-2H3. The van der Waals surface area contributed by atoms with Crippen molar-refractivity contribution >= 4 is 21.6 Å². The highest BCUT2D eigenvalue weighted by Crippen LogP contribution is 2.39. The fraction of sp³-hybridized carbons (Fsp3) is 1.00. The molecule has 0 aromatic heterocycles. The van der Waals surface area contributed by atoms with Crippen LogP contribution in [0.4, 0.5) is 0 Å². The van der Waals surface area contributed by atoms with E-state index >= 15 is 0 Å². The molecule has 0 aromatic rings. The molecule has 2 fully saturated rings. The van der Waals surface area contributed by atoms with Gasteiger partial charge in [0.25, 0.3) is 0 Å². The summed E-state index contributed by atoms with van der Waals surface area (Å²) in [6.07, 6.45) is 3.03. The molecule has 0 aliphatic carbocycles. The summed E-state index contributed by atoms with van der Waals surface area (Å²) in [4.78, 5) is 2.29. The van der Waals surface area contributed by atoms with E-state index in [9.17, 15) is 8.42 Å².